The van der Waals surface area contributed by atoms with E-state index in [-0.39, 0.29) is 52.2 Å². The van der Waals surface area contributed by atoms with Crippen molar-refractivity contribution in [3.8, 4) is 0 Å². The zero-order valence-corrected chi connectivity index (χ0v) is 16.0. The first-order valence-corrected chi connectivity index (χ1v) is 10.5. The van der Waals surface area contributed by atoms with Crippen molar-refractivity contribution in [2.75, 3.05) is 19.8 Å². The fraction of sp³-hybridized carbons (Fsp3) is 0.667. The van der Waals surface area contributed by atoms with Gasteiger partial charge in [-0.1, -0.05) is 6.58 Å². The molecule has 2 aliphatic heterocycles. The van der Waals surface area contributed by atoms with Gasteiger partial charge in [0.2, 0.25) is 0 Å². The van der Waals surface area contributed by atoms with Gasteiger partial charge < -0.3 is 18.4 Å². The number of hydrogen-bond donors (Lipinski definition) is 0. The lowest BCUT2D eigenvalue weighted by molar-refractivity contribution is -0.162. The summed E-state index contributed by atoms with van der Waals surface area (Å²) in [5, 5.41) is -0.559. The van der Waals surface area contributed by atoms with Gasteiger partial charge in [0.05, 0.1) is 12.2 Å². The molecule has 0 aromatic carbocycles. The molecule has 27 heavy (non-hydrogen) atoms. The first-order chi connectivity index (χ1) is 12.7. The minimum Gasteiger partial charge on any atom is -0.461 e. The Balaban J connectivity index is 1.26. The van der Waals surface area contributed by atoms with Crippen molar-refractivity contribution in [2.24, 2.45) is 11.8 Å². The molecule has 2 heterocycles. The summed E-state index contributed by atoms with van der Waals surface area (Å²) in [7, 11) is -2.18. The van der Waals surface area contributed by atoms with Crippen LogP contribution < -0.4 is 0 Å². The highest BCUT2D eigenvalue weighted by molar-refractivity contribution is 8.67. The molecule has 148 valence electrons. The molecular weight excluding hydrogens is 376 g/mol. The normalized spacial score (nSPS) is 38.1. The molecule has 9 heteroatoms. The lowest BCUT2D eigenvalue weighted by Gasteiger charge is -2.37. The second-order valence-corrected chi connectivity index (χ2v) is 10.4. The fourth-order valence-electron chi connectivity index (χ4n) is 4.71. The summed E-state index contributed by atoms with van der Waals surface area (Å²) in [6.45, 7) is 6.56. The number of ether oxygens (including phenoxy) is 3. The van der Waals surface area contributed by atoms with E-state index in [1.165, 1.54) is 6.92 Å². The van der Waals surface area contributed by atoms with Gasteiger partial charge in [0, 0.05) is 27.0 Å². The molecule has 0 aromatic rings. The maximum Gasteiger partial charge on any atom is 0.344 e. The van der Waals surface area contributed by atoms with E-state index in [9.17, 15) is 19.2 Å². The van der Waals surface area contributed by atoms with Gasteiger partial charge in [-0.2, -0.15) is 0 Å². The Morgan fingerprint density at radius 3 is 2.56 bits per heavy atom. The molecule has 2 saturated heterocycles. The Labute approximate surface area is 158 Å². The number of carbonyl (C=O) groups excluding carboxylic acids is 4. The van der Waals surface area contributed by atoms with Gasteiger partial charge in [-0.05, 0) is 32.6 Å². The molecule has 4 aliphatic rings. The SMILES string of the molecule is C=C(C)C(=O)OCC(=O)OCCOC1(C)C2CC3C1OS1(C(=O)C1=O)C3C2. The quantitative estimate of drug-likeness (QED) is 0.206. The van der Waals surface area contributed by atoms with Crippen LogP contribution in [0.25, 0.3) is 0 Å². The van der Waals surface area contributed by atoms with Crippen molar-refractivity contribution in [2.45, 2.75) is 43.6 Å². The maximum atomic E-state index is 11.9. The van der Waals surface area contributed by atoms with Gasteiger partial charge in [0.15, 0.2) is 6.61 Å². The maximum absolute atomic E-state index is 11.9. The monoisotopic (exact) mass is 398 g/mol. The topological polar surface area (TPSA) is 105 Å². The van der Waals surface area contributed by atoms with Crippen LogP contribution >= 0.6 is 10.3 Å². The highest BCUT2D eigenvalue weighted by Gasteiger charge is 2.80. The molecule has 2 bridgehead atoms. The molecule has 5 unspecified atom stereocenters. The molecule has 8 nitrogen and oxygen atoms in total. The Bertz CT molecular complexity index is 746. The minimum absolute atomic E-state index is 0.0163. The van der Waals surface area contributed by atoms with E-state index in [1.807, 2.05) is 6.92 Å². The second-order valence-electron chi connectivity index (χ2n) is 7.67. The first-order valence-electron chi connectivity index (χ1n) is 8.93. The molecule has 0 radical (unpaired) electrons. The summed E-state index contributed by atoms with van der Waals surface area (Å²) >= 11 is 0. The van der Waals surface area contributed by atoms with Crippen LogP contribution in [0.5, 0.6) is 0 Å². The molecule has 1 spiro atoms. The molecule has 4 rings (SSSR count). The van der Waals surface area contributed by atoms with Gasteiger partial charge >= 0.3 is 11.9 Å². The van der Waals surface area contributed by atoms with Crippen molar-refractivity contribution in [1.82, 2.24) is 0 Å². The Morgan fingerprint density at radius 1 is 1.22 bits per heavy atom. The van der Waals surface area contributed by atoms with Crippen molar-refractivity contribution < 1.29 is 37.6 Å². The van der Waals surface area contributed by atoms with Gasteiger partial charge in [0.1, 0.15) is 12.7 Å². The largest absolute Gasteiger partial charge is 0.461 e. The smallest absolute Gasteiger partial charge is 0.344 e. The zero-order valence-electron chi connectivity index (χ0n) is 15.2. The predicted molar refractivity (Wildman–Crippen MR) is 93.6 cm³/mol. The molecule has 5 atom stereocenters. The third-order valence-corrected chi connectivity index (χ3v) is 9.28. The summed E-state index contributed by atoms with van der Waals surface area (Å²) in [6, 6.07) is 0. The van der Waals surface area contributed by atoms with Crippen molar-refractivity contribution in [1.29, 1.82) is 0 Å². The molecule has 0 N–H and O–H groups in total. The van der Waals surface area contributed by atoms with E-state index >= 15 is 0 Å². The van der Waals surface area contributed by atoms with Crippen LogP contribution in [0.2, 0.25) is 0 Å². The number of carbonyl (C=O) groups is 4. The number of esters is 2. The van der Waals surface area contributed by atoms with Crippen molar-refractivity contribution in [3.05, 3.63) is 12.2 Å². The van der Waals surface area contributed by atoms with Gasteiger partial charge in [-0.15, -0.1) is 0 Å². The first kappa shape index (κ1) is 18.6. The molecule has 2 saturated carbocycles. The number of fused-ring (bicyclic) bond motifs is 2. The summed E-state index contributed by atoms with van der Waals surface area (Å²) in [4.78, 5) is 46.6. The second kappa shape index (κ2) is 6.15. The van der Waals surface area contributed by atoms with Gasteiger partial charge in [-0.25, -0.2) is 9.59 Å². The van der Waals surface area contributed by atoms with Crippen LogP contribution in [0.4, 0.5) is 0 Å². The average Bonchev–Trinajstić information content (AvgIpc) is 3.00. The van der Waals surface area contributed by atoms with E-state index in [1.54, 1.807) is 0 Å². The van der Waals surface area contributed by atoms with Crippen LogP contribution in [0.1, 0.15) is 26.7 Å². The van der Waals surface area contributed by atoms with E-state index in [4.69, 9.17) is 18.4 Å². The standard InChI is InChI=1S/C18H22O8S/c1-9(2)15(20)24-8-13(19)23-4-5-25-18(3)10-6-11-12(7-10)27(26-14(11)18)16(21)17(27)22/h10-12,14H,1,4-8H2,2-3H3. The highest BCUT2D eigenvalue weighted by Crippen LogP contribution is 2.82. The van der Waals surface area contributed by atoms with Crippen LogP contribution in [-0.2, 0) is 37.6 Å². The third kappa shape index (κ3) is 2.59. The third-order valence-electron chi connectivity index (χ3n) is 6.10. The van der Waals surface area contributed by atoms with E-state index in [2.05, 4.69) is 6.58 Å². The van der Waals surface area contributed by atoms with Gasteiger partial charge in [-0.3, -0.25) is 9.59 Å². The summed E-state index contributed by atoms with van der Waals surface area (Å²) < 4.78 is 21.8. The van der Waals surface area contributed by atoms with E-state index in [0.29, 0.717) is 0 Å². The average molecular weight is 398 g/mol. The fourth-order valence-corrected chi connectivity index (χ4v) is 8.10. The van der Waals surface area contributed by atoms with Crippen LogP contribution in [0.15, 0.2) is 12.2 Å². The lowest BCUT2D eigenvalue weighted by Crippen LogP contribution is -2.47. The number of hydrogen-bond acceptors (Lipinski definition) is 8. The highest BCUT2D eigenvalue weighted by atomic mass is 32.3. The molecule has 0 aromatic heterocycles. The molecule has 2 aliphatic carbocycles. The van der Waals surface area contributed by atoms with Crippen LogP contribution in [0, 0.1) is 11.8 Å². The Kier molecular flexibility index (Phi) is 4.25. The molecule has 4 fully saturated rings. The lowest BCUT2D eigenvalue weighted by atomic mass is 9.83. The minimum atomic E-state index is -2.18. The summed E-state index contributed by atoms with van der Waals surface area (Å²) in [5.41, 5.74) is -0.377. The Morgan fingerprint density at radius 2 is 1.93 bits per heavy atom. The zero-order chi connectivity index (χ0) is 19.6. The molecule has 0 amide bonds. The van der Waals surface area contributed by atoms with E-state index < -0.39 is 34.5 Å². The summed E-state index contributed by atoms with van der Waals surface area (Å²) in [6.07, 6.45) is 1.43. The van der Waals surface area contributed by atoms with Crippen LogP contribution in [0.3, 0.4) is 0 Å². The van der Waals surface area contributed by atoms with Crippen molar-refractivity contribution in [3.63, 3.8) is 0 Å². The van der Waals surface area contributed by atoms with Gasteiger partial charge in [0.25, 0.3) is 10.2 Å². The van der Waals surface area contributed by atoms with Crippen molar-refractivity contribution >= 4 is 32.5 Å². The number of rotatable bonds is 7. The predicted octanol–water partition coefficient (Wildman–Crippen LogP) is 1.02. The molecular formula is C18H22O8S. The summed E-state index contributed by atoms with van der Waals surface area (Å²) in [5.74, 6) is -0.875. The van der Waals surface area contributed by atoms with Crippen LogP contribution in [-0.4, -0.2) is 58.9 Å². The van der Waals surface area contributed by atoms with E-state index in [0.717, 1.165) is 12.8 Å². The Hall–Kier alpha value is -1.71.